The second-order valence-corrected chi connectivity index (χ2v) is 4.69. The smallest absolute Gasteiger partial charge is 0.141 e. The number of rotatable bonds is 4. The lowest BCUT2D eigenvalue weighted by Gasteiger charge is -2.37. The van der Waals surface area contributed by atoms with E-state index in [1.165, 1.54) is 19.3 Å². The van der Waals surface area contributed by atoms with Gasteiger partial charge in [0.15, 0.2) is 0 Å². The Morgan fingerprint density at radius 3 is 2.36 bits per heavy atom. The molecule has 1 aliphatic carbocycles. The maximum atomic E-state index is 11.8. The maximum absolute atomic E-state index is 11.8. The molecule has 1 unspecified atom stereocenters. The molecule has 0 amide bonds. The highest BCUT2D eigenvalue weighted by Gasteiger charge is 2.39. The van der Waals surface area contributed by atoms with Crippen LogP contribution in [0.15, 0.2) is 0 Å². The van der Waals surface area contributed by atoms with Crippen LogP contribution in [-0.2, 0) is 4.79 Å². The van der Waals surface area contributed by atoms with E-state index in [1.54, 1.807) is 0 Å². The summed E-state index contributed by atoms with van der Waals surface area (Å²) in [5, 5.41) is 9.42. The van der Waals surface area contributed by atoms with E-state index in [0.717, 1.165) is 12.8 Å². The van der Waals surface area contributed by atoms with Crippen LogP contribution in [0.1, 0.15) is 52.4 Å². The molecule has 1 saturated carbocycles. The molecule has 1 atom stereocenters. The van der Waals surface area contributed by atoms with Gasteiger partial charge in [-0.15, -0.1) is 0 Å². The number of carbonyl (C=O) groups excluding carboxylic acids is 1. The number of aliphatic hydroxyl groups excluding tert-OH is 1. The Bertz CT molecular complexity index is 194. The predicted octanol–water partition coefficient (Wildman–Crippen LogP) is 2.54. The Morgan fingerprint density at radius 2 is 1.93 bits per heavy atom. The number of hydrogen-bond acceptors (Lipinski definition) is 2. The molecule has 0 radical (unpaired) electrons. The fourth-order valence-corrected chi connectivity index (χ4v) is 2.59. The summed E-state index contributed by atoms with van der Waals surface area (Å²) in [6.45, 7) is 3.85. The van der Waals surface area contributed by atoms with Crippen molar-refractivity contribution in [1.82, 2.24) is 0 Å². The van der Waals surface area contributed by atoms with Crippen molar-refractivity contribution in [3.63, 3.8) is 0 Å². The molecule has 82 valence electrons. The molecule has 2 heteroatoms. The molecule has 1 rings (SSSR count). The molecule has 0 bridgehead atoms. The lowest BCUT2D eigenvalue weighted by atomic mass is 9.67. The molecule has 1 fully saturated rings. The normalized spacial score (nSPS) is 23.1. The molecule has 1 aliphatic rings. The van der Waals surface area contributed by atoms with Gasteiger partial charge in [0.2, 0.25) is 0 Å². The highest BCUT2D eigenvalue weighted by molar-refractivity contribution is 5.84. The van der Waals surface area contributed by atoms with Crippen molar-refractivity contribution in [1.29, 1.82) is 0 Å². The second-order valence-electron chi connectivity index (χ2n) is 4.69. The maximum Gasteiger partial charge on any atom is 0.141 e. The molecule has 0 saturated heterocycles. The lowest BCUT2D eigenvalue weighted by Crippen LogP contribution is -2.40. The van der Waals surface area contributed by atoms with Crippen molar-refractivity contribution in [2.45, 2.75) is 52.4 Å². The molecule has 0 spiro atoms. The molecule has 14 heavy (non-hydrogen) atoms. The highest BCUT2D eigenvalue weighted by atomic mass is 16.3. The Kier molecular flexibility index (Phi) is 4.11. The summed E-state index contributed by atoms with van der Waals surface area (Å²) in [4.78, 5) is 11.8. The molecule has 0 aromatic heterocycles. The third-order valence-corrected chi connectivity index (χ3v) is 3.79. The van der Waals surface area contributed by atoms with Crippen molar-refractivity contribution >= 4 is 5.78 Å². The van der Waals surface area contributed by atoms with Gasteiger partial charge in [-0.05, 0) is 18.8 Å². The minimum Gasteiger partial charge on any atom is -0.395 e. The molecule has 0 aliphatic heterocycles. The summed E-state index contributed by atoms with van der Waals surface area (Å²) in [6.07, 6.45) is 6.51. The quantitative estimate of drug-likeness (QED) is 0.753. The van der Waals surface area contributed by atoms with Crippen LogP contribution < -0.4 is 0 Å². The van der Waals surface area contributed by atoms with Gasteiger partial charge < -0.3 is 5.11 Å². The fraction of sp³-hybridized carbons (Fsp3) is 0.917. The largest absolute Gasteiger partial charge is 0.395 e. The van der Waals surface area contributed by atoms with Crippen LogP contribution in [-0.4, -0.2) is 17.5 Å². The SMILES string of the molecule is CCC(=O)C(C)(CO)C1CCCCC1. The minimum absolute atomic E-state index is 0.0182. The fourth-order valence-electron chi connectivity index (χ4n) is 2.59. The van der Waals surface area contributed by atoms with E-state index in [9.17, 15) is 9.90 Å². The summed E-state index contributed by atoms with van der Waals surface area (Å²) in [5.41, 5.74) is -0.463. The van der Waals surface area contributed by atoms with Crippen molar-refractivity contribution in [3.05, 3.63) is 0 Å². The van der Waals surface area contributed by atoms with Crippen LogP contribution in [0.5, 0.6) is 0 Å². The average Bonchev–Trinajstić information content (AvgIpc) is 2.28. The van der Waals surface area contributed by atoms with Crippen LogP contribution in [0.3, 0.4) is 0 Å². The standard InChI is InChI=1S/C12H22O2/c1-3-11(14)12(2,9-13)10-7-5-4-6-8-10/h10,13H,3-9H2,1-2H3. The van der Waals surface area contributed by atoms with Crippen molar-refractivity contribution in [3.8, 4) is 0 Å². The number of aliphatic hydroxyl groups is 1. The van der Waals surface area contributed by atoms with Gasteiger partial charge in [0.25, 0.3) is 0 Å². The third kappa shape index (κ3) is 2.17. The van der Waals surface area contributed by atoms with E-state index in [2.05, 4.69) is 0 Å². The molecule has 0 aromatic rings. The van der Waals surface area contributed by atoms with E-state index >= 15 is 0 Å². The van der Waals surface area contributed by atoms with Crippen molar-refractivity contribution in [2.75, 3.05) is 6.61 Å². The Hall–Kier alpha value is -0.370. The second kappa shape index (κ2) is 4.92. The van der Waals surface area contributed by atoms with E-state index in [4.69, 9.17) is 0 Å². The van der Waals surface area contributed by atoms with Crippen LogP contribution in [0.25, 0.3) is 0 Å². The van der Waals surface area contributed by atoms with Gasteiger partial charge in [-0.25, -0.2) is 0 Å². The zero-order valence-corrected chi connectivity index (χ0v) is 9.38. The van der Waals surface area contributed by atoms with Crippen LogP contribution >= 0.6 is 0 Å². The number of carbonyl (C=O) groups is 1. The molecule has 1 N–H and O–H groups in total. The van der Waals surface area contributed by atoms with Gasteiger partial charge in [-0.3, -0.25) is 4.79 Å². The van der Waals surface area contributed by atoms with E-state index < -0.39 is 5.41 Å². The number of hydrogen-bond donors (Lipinski definition) is 1. The lowest BCUT2D eigenvalue weighted by molar-refractivity contribution is -0.134. The summed E-state index contributed by atoms with van der Waals surface area (Å²) in [7, 11) is 0. The molecular formula is C12H22O2. The van der Waals surface area contributed by atoms with Crippen molar-refractivity contribution < 1.29 is 9.90 Å². The predicted molar refractivity (Wildman–Crippen MR) is 57.1 cm³/mol. The Balaban J connectivity index is 2.71. The molecule has 2 nitrogen and oxygen atoms in total. The first kappa shape index (κ1) is 11.7. The summed E-state index contributed by atoms with van der Waals surface area (Å²) in [6, 6.07) is 0. The van der Waals surface area contributed by atoms with Gasteiger partial charge in [0.05, 0.1) is 12.0 Å². The molecular weight excluding hydrogens is 176 g/mol. The Labute approximate surface area is 86.7 Å². The van der Waals surface area contributed by atoms with Gasteiger partial charge >= 0.3 is 0 Å². The topological polar surface area (TPSA) is 37.3 Å². The van der Waals surface area contributed by atoms with Gasteiger partial charge in [-0.2, -0.15) is 0 Å². The van der Waals surface area contributed by atoms with Crippen LogP contribution in [0.4, 0.5) is 0 Å². The zero-order valence-electron chi connectivity index (χ0n) is 9.38. The molecule has 0 aromatic carbocycles. The third-order valence-electron chi connectivity index (χ3n) is 3.79. The monoisotopic (exact) mass is 198 g/mol. The van der Waals surface area contributed by atoms with E-state index in [1.807, 2.05) is 13.8 Å². The Morgan fingerprint density at radius 1 is 1.36 bits per heavy atom. The first-order valence-electron chi connectivity index (χ1n) is 5.79. The van der Waals surface area contributed by atoms with E-state index in [0.29, 0.717) is 12.3 Å². The molecule has 0 heterocycles. The number of ketones is 1. The first-order chi connectivity index (χ1) is 6.65. The first-order valence-corrected chi connectivity index (χ1v) is 5.79. The van der Waals surface area contributed by atoms with E-state index in [-0.39, 0.29) is 12.4 Å². The minimum atomic E-state index is -0.463. The summed E-state index contributed by atoms with van der Waals surface area (Å²) in [5.74, 6) is 0.639. The number of Topliss-reactive ketones (excluding diaryl/α,β-unsaturated/α-hetero) is 1. The average molecular weight is 198 g/mol. The van der Waals surface area contributed by atoms with Crippen LogP contribution in [0.2, 0.25) is 0 Å². The summed E-state index contributed by atoms with van der Waals surface area (Å²) >= 11 is 0. The van der Waals surface area contributed by atoms with Gasteiger partial charge in [0.1, 0.15) is 5.78 Å². The zero-order chi connectivity index (χ0) is 10.6. The summed E-state index contributed by atoms with van der Waals surface area (Å²) < 4.78 is 0. The van der Waals surface area contributed by atoms with Gasteiger partial charge in [-0.1, -0.05) is 33.1 Å². The van der Waals surface area contributed by atoms with Crippen LogP contribution in [0, 0.1) is 11.3 Å². The van der Waals surface area contributed by atoms with Gasteiger partial charge in [0, 0.05) is 6.42 Å². The van der Waals surface area contributed by atoms with Crippen molar-refractivity contribution in [2.24, 2.45) is 11.3 Å². The highest BCUT2D eigenvalue weighted by Crippen LogP contribution is 2.39.